The molecule has 2 aromatic heterocycles. The average molecular weight is 382 g/mol. The zero-order valence-electron chi connectivity index (χ0n) is 16.8. The van der Waals surface area contributed by atoms with Gasteiger partial charge in [-0.25, -0.2) is 4.79 Å². The first-order chi connectivity index (χ1) is 13.3. The first-order valence-electron chi connectivity index (χ1n) is 9.76. The van der Waals surface area contributed by atoms with Gasteiger partial charge in [-0.1, -0.05) is 32.9 Å². The second kappa shape index (κ2) is 6.69. The van der Waals surface area contributed by atoms with E-state index < -0.39 is 0 Å². The first-order valence-corrected chi connectivity index (χ1v) is 9.76. The number of fused-ring (bicyclic) bond motifs is 1. The maximum atomic E-state index is 13.0. The highest BCUT2D eigenvalue weighted by molar-refractivity contribution is 5.93. The lowest BCUT2D eigenvalue weighted by atomic mass is 9.93. The van der Waals surface area contributed by atoms with Crippen LogP contribution >= 0.6 is 0 Å². The van der Waals surface area contributed by atoms with E-state index in [-0.39, 0.29) is 23.1 Å². The second-order valence-electron chi connectivity index (χ2n) is 8.60. The number of carbonyl (C=O) groups excluding carboxylic acids is 1. The molecule has 6 nitrogen and oxygen atoms in total. The van der Waals surface area contributed by atoms with Gasteiger partial charge in [-0.15, -0.1) is 0 Å². The number of amides is 1. The van der Waals surface area contributed by atoms with Gasteiger partial charge >= 0.3 is 5.76 Å². The van der Waals surface area contributed by atoms with Gasteiger partial charge in [0.15, 0.2) is 11.3 Å². The highest BCUT2D eigenvalue weighted by Gasteiger charge is 2.30. The predicted molar refractivity (Wildman–Crippen MR) is 107 cm³/mol. The SMILES string of the molecule is Cc1cc(C(C)(C)C)oc1C(=O)N1CCC(n2c(=O)oc3ccccc32)CC1. The molecule has 0 saturated carbocycles. The van der Waals surface area contributed by atoms with Gasteiger partial charge in [0.1, 0.15) is 5.76 Å². The molecule has 1 amide bonds. The summed E-state index contributed by atoms with van der Waals surface area (Å²) in [6, 6.07) is 9.45. The summed E-state index contributed by atoms with van der Waals surface area (Å²) in [6.45, 7) is 9.28. The predicted octanol–water partition coefficient (Wildman–Crippen LogP) is 4.27. The Kier molecular flexibility index (Phi) is 4.44. The minimum atomic E-state index is -0.331. The minimum absolute atomic E-state index is 0.0306. The summed E-state index contributed by atoms with van der Waals surface area (Å²) >= 11 is 0. The van der Waals surface area contributed by atoms with Crippen molar-refractivity contribution in [3.05, 3.63) is 58.0 Å². The van der Waals surface area contributed by atoms with E-state index in [2.05, 4.69) is 20.8 Å². The van der Waals surface area contributed by atoms with Gasteiger partial charge in [-0.05, 0) is 38.0 Å². The van der Waals surface area contributed by atoms with E-state index in [1.165, 1.54) is 0 Å². The molecule has 1 aromatic carbocycles. The Hall–Kier alpha value is -2.76. The summed E-state index contributed by atoms with van der Waals surface area (Å²) in [5.41, 5.74) is 2.15. The summed E-state index contributed by atoms with van der Waals surface area (Å²) in [7, 11) is 0. The Morgan fingerprint density at radius 3 is 2.43 bits per heavy atom. The average Bonchev–Trinajstić information content (AvgIpc) is 3.20. The van der Waals surface area contributed by atoms with Crippen LogP contribution in [0.25, 0.3) is 11.1 Å². The van der Waals surface area contributed by atoms with Crippen molar-refractivity contribution in [2.24, 2.45) is 0 Å². The van der Waals surface area contributed by atoms with Crippen molar-refractivity contribution in [3.8, 4) is 0 Å². The number of aryl methyl sites for hydroxylation is 1. The highest BCUT2D eigenvalue weighted by atomic mass is 16.4. The third kappa shape index (κ3) is 3.17. The molecule has 0 N–H and O–H groups in total. The van der Waals surface area contributed by atoms with Gasteiger partial charge in [0.05, 0.1) is 5.52 Å². The van der Waals surface area contributed by atoms with E-state index in [1.807, 2.05) is 36.1 Å². The molecule has 0 aliphatic carbocycles. The molecule has 1 saturated heterocycles. The van der Waals surface area contributed by atoms with Crippen molar-refractivity contribution < 1.29 is 13.6 Å². The number of aromatic nitrogens is 1. The monoisotopic (exact) mass is 382 g/mol. The highest BCUT2D eigenvalue weighted by Crippen LogP contribution is 2.30. The molecule has 148 valence electrons. The summed E-state index contributed by atoms with van der Waals surface area (Å²) in [5.74, 6) is 0.840. The third-order valence-electron chi connectivity index (χ3n) is 5.49. The van der Waals surface area contributed by atoms with Crippen LogP contribution in [-0.2, 0) is 5.41 Å². The fourth-order valence-corrected chi connectivity index (χ4v) is 3.86. The van der Waals surface area contributed by atoms with Gasteiger partial charge in [-0.3, -0.25) is 9.36 Å². The van der Waals surface area contributed by atoms with E-state index in [0.29, 0.717) is 37.3 Å². The van der Waals surface area contributed by atoms with Crippen LogP contribution in [0.3, 0.4) is 0 Å². The molecule has 3 aromatic rings. The van der Waals surface area contributed by atoms with Crippen LogP contribution in [0.2, 0.25) is 0 Å². The smallest absolute Gasteiger partial charge is 0.420 e. The molecule has 0 bridgehead atoms. The number of rotatable bonds is 2. The fourth-order valence-electron chi connectivity index (χ4n) is 3.86. The maximum absolute atomic E-state index is 13.0. The number of likely N-dealkylation sites (tertiary alicyclic amines) is 1. The summed E-state index contributed by atoms with van der Waals surface area (Å²) < 4.78 is 13.0. The molecular formula is C22H26N2O4. The quantitative estimate of drug-likeness (QED) is 0.664. The maximum Gasteiger partial charge on any atom is 0.420 e. The van der Waals surface area contributed by atoms with E-state index in [4.69, 9.17) is 8.83 Å². The van der Waals surface area contributed by atoms with Crippen molar-refractivity contribution in [1.29, 1.82) is 0 Å². The summed E-state index contributed by atoms with van der Waals surface area (Å²) in [6.07, 6.45) is 1.42. The lowest BCUT2D eigenvalue weighted by molar-refractivity contribution is 0.0657. The number of benzene rings is 1. The first kappa shape index (κ1) is 18.6. The molecule has 4 rings (SSSR count). The standard InChI is InChI=1S/C22H26N2O4/c1-14-13-18(22(2,3)4)28-19(14)20(25)23-11-9-15(10-12-23)24-16-7-5-6-8-17(16)27-21(24)26/h5-8,13,15H,9-12H2,1-4H3. The van der Waals surface area contributed by atoms with Gasteiger partial charge in [-0.2, -0.15) is 0 Å². The van der Waals surface area contributed by atoms with Crippen LogP contribution in [0.1, 0.15) is 61.5 Å². The molecule has 3 heterocycles. The normalized spacial score (nSPS) is 16.1. The number of nitrogens with zero attached hydrogens (tertiary/aromatic N) is 2. The van der Waals surface area contributed by atoms with Gasteiger partial charge in [0.25, 0.3) is 5.91 Å². The molecule has 0 radical (unpaired) electrons. The largest absolute Gasteiger partial charge is 0.455 e. The molecule has 0 spiro atoms. The Morgan fingerprint density at radius 2 is 1.79 bits per heavy atom. The Morgan fingerprint density at radius 1 is 1.11 bits per heavy atom. The number of para-hydroxylation sites is 2. The van der Waals surface area contributed by atoms with Crippen LogP contribution in [0.5, 0.6) is 0 Å². The molecule has 28 heavy (non-hydrogen) atoms. The van der Waals surface area contributed by atoms with E-state index in [0.717, 1.165) is 16.8 Å². The number of oxazole rings is 1. The van der Waals surface area contributed by atoms with E-state index in [1.54, 1.807) is 10.6 Å². The molecule has 6 heteroatoms. The number of carbonyl (C=O) groups is 1. The molecule has 1 aliphatic rings. The Labute approximate surface area is 163 Å². The molecule has 1 fully saturated rings. The van der Waals surface area contributed by atoms with Gasteiger partial charge in [0, 0.05) is 30.1 Å². The van der Waals surface area contributed by atoms with Crippen molar-refractivity contribution in [1.82, 2.24) is 9.47 Å². The number of piperidine rings is 1. The second-order valence-corrected chi connectivity index (χ2v) is 8.60. The summed E-state index contributed by atoms with van der Waals surface area (Å²) in [4.78, 5) is 27.1. The summed E-state index contributed by atoms with van der Waals surface area (Å²) in [5, 5.41) is 0. The van der Waals surface area contributed by atoms with Crippen LogP contribution < -0.4 is 5.76 Å². The van der Waals surface area contributed by atoms with E-state index >= 15 is 0 Å². The van der Waals surface area contributed by atoms with Crippen molar-refractivity contribution in [3.63, 3.8) is 0 Å². The molecule has 0 atom stereocenters. The third-order valence-corrected chi connectivity index (χ3v) is 5.49. The van der Waals surface area contributed by atoms with Crippen molar-refractivity contribution >= 4 is 17.0 Å². The van der Waals surface area contributed by atoms with Gasteiger partial charge < -0.3 is 13.7 Å². The zero-order chi connectivity index (χ0) is 20.1. The Balaban J connectivity index is 1.51. The van der Waals surface area contributed by atoms with Crippen LogP contribution in [0.4, 0.5) is 0 Å². The van der Waals surface area contributed by atoms with Crippen LogP contribution in [-0.4, -0.2) is 28.5 Å². The van der Waals surface area contributed by atoms with Crippen LogP contribution in [0.15, 0.2) is 44.0 Å². The van der Waals surface area contributed by atoms with Gasteiger partial charge in [0.2, 0.25) is 0 Å². The van der Waals surface area contributed by atoms with Crippen molar-refractivity contribution in [2.45, 2.75) is 52.0 Å². The topological polar surface area (TPSA) is 68.6 Å². The minimum Gasteiger partial charge on any atom is -0.455 e. The van der Waals surface area contributed by atoms with Crippen LogP contribution in [0, 0.1) is 6.92 Å². The number of furan rings is 1. The molecule has 1 aliphatic heterocycles. The zero-order valence-corrected chi connectivity index (χ0v) is 16.8. The number of hydrogen-bond acceptors (Lipinski definition) is 4. The van der Waals surface area contributed by atoms with E-state index in [9.17, 15) is 9.59 Å². The lowest BCUT2D eigenvalue weighted by Gasteiger charge is -2.32. The lowest BCUT2D eigenvalue weighted by Crippen LogP contribution is -2.40. The fraction of sp³-hybridized carbons (Fsp3) is 0.455. The molecule has 0 unspecified atom stereocenters. The van der Waals surface area contributed by atoms with Crippen molar-refractivity contribution in [2.75, 3.05) is 13.1 Å². The Bertz CT molecular complexity index is 1070. The number of hydrogen-bond donors (Lipinski definition) is 0. The molecular weight excluding hydrogens is 356 g/mol.